The van der Waals surface area contributed by atoms with Gasteiger partial charge in [0.2, 0.25) is 5.91 Å². The van der Waals surface area contributed by atoms with E-state index >= 15 is 0 Å². The van der Waals surface area contributed by atoms with Gasteiger partial charge in [-0.2, -0.15) is 0 Å². The lowest BCUT2D eigenvalue weighted by molar-refractivity contribution is -0.113. The first-order valence-electron chi connectivity index (χ1n) is 11.9. The summed E-state index contributed by atoms with van der Waals surface area (Å²) in [7, 11) is 1.35. The summed E-state index contributed by atoms with van der Waals surface area (Å²) in [6.07, 6.45) is 0. The van der Waals surface area contributed by atoms with Gasteiger partial charge in [0.15, 0.2) is 11.0 Å². The molecule has 0 fully saturated rings. The van der Waals surface area contributed by atoms with Gasteiger partial charge in [0.25, 0.3) is 0 Å². The summed E-state index contributed by atoms with van der Waals surface area (Å²) in [6, 6.07) is 11.9. The van der Waals surface area contributed by atoms with Crippen LogP contribution in [0.4, 0.5) is 5.00 Å². The maximum Gasteiger partial charge on any atom is 0.341 e. The van der Waals surface area contributed by atoms with Crippen molar-refractivity contribution in [3.63, 3.8) is 0 Å². The maximum absolute atomic E-state index is 13.0. The molecule has 10 heteroatoms. The zero-order valence-corrected chi connectivity index (χ0v) is 24.1. The first-order valence-corrected chi connectivity index (χ1v) is 14.6. The third-order valence-corrected chi connectivity index (χ3v) is 8.95. The Labute approximate surface area is 229 Å². The van der Waals surface area contributed by atoms with Gasteiger partial charge in [-0.1, -0.05) is 55.9 Å². The highest BCUT2D eigenvalue weighted by Crippen LogP contribution is 2.40. The number of amides is 1. The van der Waals surface area contributed by atoms with Crippen molar-refractivity contribution in [1.82, 2.24) is 14.8 Å². The van der Waals surface area contributed by atoms with Gasteiger partial charge >= 0.3 is 5.97 Å². The van der Waals surface area contributed by atoms with Gasteiger partial charge in [-0.05, 0) is 38.3 Å². The van der Waals surface area contributed by atoms with Crippen molar-refractivity contribution in [2.75, 3.05) is 18.2 Å². The Balaban J connectivity index is 1.54. The minimum atomic E-state index is -0.480. The lowest BCUT2D eigenvalue weighted by Gasteiger charge is -2.13. The van der Waals surface area contributed by atoms with Crippen molar-refractivity contribution in [2.24, 2.45) is 0 Å². The summed E-state index contributed by atoms with van der Waals surface area (Å²) in [5.74, 6) is 0.671. The number of esters is 1. The van der Waals surface area contributed by atoms with E-state index in [0.29, 0.717) is 21.6 Å². The number of hydrogen-bond donors (Lipinski definition) is 1. The van der Waals surface area contributed by atoms with E-state index < -0.39 is 5.97 Å². The molecule has 0 atom stereocenters. The predicted octanol–water partition coefficient (Wildman–Crippen LogP) is 7.27. The average molecular weight is 555 g/mol. The van der Waals surface area contributed by atoms with Crippen LogP contribution in [0, 0.1) is 6.92 Å². The third-order valence-electron chi connectivity index (χ3n) is 5.75. The molecular formula is C27H30N4O3S3. The zero-order chi connectivity index (χ0) is 26.7. The van der Waals surface area contributed by atoms with Crippen molar-refractivity contribution in [3.05, 3.63) is 57.1 Å². The highest BCUT2D eigenvalue weighted by molar-refractivity contribution is 7.99. The van der Waals surface area contributed by atoms with Crippen LogP contribution in [0.2, 0.25) is 0 Å². The van der Waals surface area contributed by atoms with E-state index in [1.54, 1.807) is 11.3 Å². The number of hydrogen-bond acceptors (Lipinski definition) is 8. The van der Waals surface area contributed by atoms with Crippen LogP contribution in [0.1, 0.15) is 59.8 Å². The molecule has 1 amide bonds. The van der Waals surface area contributed by atoms with Crippen molar-refractivity contribution in [2.45, 2.75) is 51.7 Å². The molecule has 4 rings (SSSR count). The lowest BCUT2D eigenvalue weighted by Crippen LogP contribution is -2.16. The molecule has 7 nitrogen and oxygen atoms in total. The topological polar surface area (TPSA) is 86.1 Å². The van der Waals surface area contributed by atoms with Crippen molar-refractivity contribution < 1.29 is 14.3 Å². The van der Waals surface area contributed by atoms with Gasteiger partial charge in [0, 0.05) is 32.3 Å². The molecule has 37 heavy (non-hydrogen) atoms. The van der Waals surface area contributed by atoms with Gasteiger partial charge < -0.3 is 10.1 Å². The van der Waals surface area contributed by atoms with Crippen LogP contribution in [0.3, 0.4) is 0 Å². The van der Waals surface area contributed by atoms with Crippen LogP contribution < -0.4 is 5.32 Å². The van der Waals surface area contributed by atoms with Crippen LogP contribution in [0.25, 0.3) is 22.5 Å². The fourth-order valence-corrected chi connectivity index (χ4v) is 6.84. The maximum atomic E-state index is 13.0. The van der Waals surface area contributed by atoms with Crippen LogP contribution in [0.15, 0.2) is 46.9 Å². The summed E-state index contributed by atoms with van der Waals surface area (Å²) in [5.41, 5.74) is 3.09. The molecule has 3 heterocycles. The van der Waals surface area contributed by atoms with E-state index in [0.717, 1.165) is 27.4 Å². The summed E-state index contributed by atoms with van der Waals surface area (Å²) < 4.78 is 7.12. The van der Waals surface area contributed by atoms with E-state index in [1.807, 2.05) is 37.3 Å². The second-order valence-electron chi connectivity index (χ2n) is 9.09. The Morgan fingerprint density at radius 2 is 1.84 bits per heavy atom. The molecule has 1 aromatic carbocycles. The monoisotopic (exact) mass is 554 g/mol. The fourth-order valence-electron chi connectivity index (χ4n) is 3.99. The number of nitrogens with one attached hydrogen (secondary N) is 1. The Hall–Kier alpha value is -2.95. The molecule has 0 bridgehead atoms. The smallest absolute Gasteiger partial charge is 0.341 e. The number of methoxy groups -OCH3 is 1. The van der Waals surface area contributed by atoms with E-state index in [9.17, 15) is 9.59 Å². The van der Waals surface area contributed by atoms with E-state index in [4.69, 9.17) is 4.74 Å². The second kappa shape index (κ2) is 11.6. The van der Waals surface area contributed by atoms with Gasteiger partial charge in [0.05, 0.1) is 12.9 Å². The van der Waals surface area contributed by atoms with Crippen molar-refractivity contribution in [3.8, 4) is 22.5 Å². The number of carbonyl (C=O) groups excluding carboxylic acids is 2. The highest BCUT2D eigenvalue weighted by atomic mass is 32.2. The molecule has 0 aliphatic carbocycles. The standard InChI is InChI=1S/C27H30N4O3S3/c1-15(2)20-12-19(13-35-20)24-29-30-27(31(24)16(3)4)36-14-21(32)28-25-23(26(33)34-6)22(17(5)37-25)18-10-8-7-9-11-18/h7-13,15-16H,14H2,1-6H3,(H,28,32). The minimum absolute atomic E-state index is 0.122. The number of rotatable bonds is 9. The summed E-state index contributed by atoms with van der Waals surface area (Å²) in [5, 5.41) is 15.0. The van der Waals surface area contributed by atoms with Crippen molar-refractivity contribution in [1.29, 1.82) is 0 Å². The first kappa shape index (κ1) is 27.1. The SMILES string of the molecule is COC(=O)c1c(NC(=O)CSc2nnc(-c3csc(C(C)C)c3)n2C(C)C)sc(C)c1-c1ccccc1. The molecule has 0 saturated heterocycles. The van der Waals surface area contributed by atoms with Crippen LogP contribution in [-0.4, -0.2) is 39.5 Å². The quantitative estimate of drug-likeness (QED) is 0.173. The number of benzene rings is 1. The summed E-state index contributed by atoms with van der Waals surface area (Å²) in [4.78, 5) is 27.9. The van der Waals surface area contributed by atoms with E-state index in [2.05, 4.69) is 59.2 Å². The lowest BCUT2D eigenvalue weighted by atomic mass is 10.0. The molecule has 0 saturated carbocycles. The molecule has 0 radical (unpaired) electrons. The molecule has 0 spiro atoms. The Kier molecular flexibility index (Phi) is 8.51. The number of anilines is 1. The zero-order valence-electron chi connectivity index (χ0n) is 21.7. The Morgan fingerprint density at radius 1 is 1.11 bits per heavy atom. The minimum Gasteiger partial charge on any atom is -0.465 e. The highest BCUT2D eigenvalue weighted by Gasteiger charge is 2.25. The number of aromatic nitrogens is 3. The predicted molar refractivity (Wildman–Crippen MR) is 153 cm³/mol. The largest absolute Gasteiger partial charge is 0.465 e. The number of thioether (sulfide) groups is 1. The van der Waals surface area contributed by atoms with E-state index in [1.165, 1.54) is 35.1 Å². The van der Waals surface area contributed by atoms with Crippen LogP contribution in [-0.2, 0) is 9.53 Å². The molecule has 1 N–H and O–H groups in total. The molecular weight excluding hydrogens is 525 g/mol. The van der Waals surface area contributed by atoms with Crippen LogP contribution >= 0.6 is 34.4 Å². The second-order valence-corrected chi connectivity index (χ2v) is 12.2. The van der Waals surface area contributed by atoms with Gasteiger partial charge in [-0.25, -0.2) is 4.79 Å². The van der Waals surface area contributed by atoms with Crippen LogP contribution in [0.5, 0.6) is 0 Å². The normalized spacial score (nSPS) is 11.4. The van der Waals surface area contributed by atoms with Gasteiger partial charge in [-0.15, -0.1) is 32.9 Å². The van der Waals surface area contributed by atoms with E-state index in [-0.39, 0.29) is 17.7 Å². The number of carbonyl (C=O) groups is 2. The average Bonchev–Trinajstić information content (AvgIpc) is 3.59. The summed E-state index contributed by atoms with van der Waals surface area (Å²) >= 11 is 4.42. The first-order chi connectivity index (χ1) is 17.7. The molecule has 3 aromatic heterocycles. The third kappa shape index (κ3) is 5.81. The molecule has 0 aliphatic rings. The molecule has 0 aliphatic heterocycles. The number of nitrogens with zero attached hydrogens (tertiary/aromatic N) is 3. The Bertz CT molecular complexity index is 1400. The molecule has 4 aromatic rings. The fraction of sp³-hybridized carbons (Fsp3) is 0.333. The van der Waals surface area contributed by atoms with Crippen molar-refractivity contribution >= 4 is 51.3 Å². The Morgan fingerprint density at radius 3 is 2.46 bits per heavy atom. The molecule has 0 unspecified atom stereocenters. The summed E-state index contributed by atoms with van der Waals surface area (Å²) in [6.45, 7) is 10.4. The number of aryl methyl sites for hydroxylation is 1. The molecule has 194 valence electrons. The number of thiophene rings is 2. The van der Waals surface area contributed by atoms with Gasteiger partial charge in [0.1, 0.15) is 10.6 Å². The van der Waals surface area contributed by atoms with Gasteiger partial charge in [-0.3, -0.25) is 9.36 Å². The number of ether oxygens (including phenoxy) is 1.